The largest absolute Gasteiger partial charge is 0.476 e. The molecule has 0 aliphatic heterocycles. The molecule has 0 saturated heterocycles. The van der Waals surface area contributed by atoms with Gasteiger partial charge >= 0.3 is 5.97 Å². The SMILES string of the molecule is O=C(O)c1cn(-c2ccc3cc(Br)ccc3c2)nn1. The molecule has 0 amide bonds. The topological polar surface area (TPSA) is 68.0 Å². The van der Waals surface area contributed by atoms with Crippen molar-refractivity contribution in [1.29, 1.82) is 0 Å². The number of nitrogens with zero attached hydrogens (tertiary/aromatic N) is 3. The average molecular weight is 318 g/mol. The Kier molecular flexibility index (Phi) is 2.79. The Morgan fingerprint density at radius 2 is 1.89 bits per heavy atom. The smallest absolute Gasteiger partial charge is 0.358 e. The van der Waals surface area contributed by atoms with E-state index in [1.165, 1.54) is 10.9 Å². The van der Waals surface area contributed by atoms with Crippen molar-refractivity contribution in [2.75, 3.05) is 0 Å². The second-order valence-corrected chi connectivity index (χ2v) is 4.94. The van der Waals surface area contributed by atoms with Crippen LogP contribution in [0.15, 0.2) is 47.1 Å². The van der Waals surface area contributed by atoms with Gasteiger partial charge in [0.25, 0.3) is 0 Å². The molecule has 0 fully saturated rings. The van der Waals surface area contributed by atoms with E-state index in [-0.39, 0.29) is 5.69 Å². The van der Waals surface area contributed by atoms with Gasteiger partial charge in [0.2, 0.25) is 0 Å². The predicted molar refractivity (Wildman–Crippen MR) is 73.5 cm³/mol. The quantitative estimate of drug-likeness (QED) is 0.789. The molecule has 19 heavy (non-hydrogen) atoms. The van der Waals surface area contributed by atoms with Gasteiger partial charge in [-0.15, -0.1) is 5.10 Å². The molecular weight excluding hydrogens is 310 g/mol. The Morgan fingerprint density at radius 3 is 2.63 bits per heavy atom. The van der Waals surface area contributed by atoms with Gasteiger partial charge in [0.15, 0.2) is 5.69 Å². The van der Waals surface area contributed by atoms with Crippen LogP contribution in [-0.2, 0) is 0 Å². The van der Waals surface area contributed by atoms with E-state index in [1.54, 1.807) is 0 Å². The van der Waals surface area contributed by atoms with Crippen LogP contribution in [0.2, 0.25) is 0 Å². The van der Waals surface area contributed by atoms with Gasteiger partial charge in [0.1, 0.15) is 0 Å². The Hall–Kier alpha value is -2.21. The summed E-state index contributed by atoms with van der Waals surface area (Å²) in [5.74, 6) is -1.09. The molecule has 0 bridgehead atoms. The highest BCUT2D eigenvalue weighted by atomic mass is 79.9. The van der Waals surface area contributed by atoms with E-state index in [1.807, 2.05) is 36.4 Å². The van der Waals surface area contributed by atoms with Gasteiger partial charge in [0, 0.05) is 4.47 Å². The van der Waals surface area contributed by atoms with Crippen molar-refractivity contribution in [3.05, 3.63) is 52.8 Å². The first-order valence-electron chi connectivity index (χ1n) is 5.49. The Bertz CT molecular complexity index is 782. The van der Waals surface area contributed by atoms with E-state index < -0.39 is 5.97 Å². The highest BCUT2D eigenvalue weighted by Crippen LogP contribution is 2.22. The molecule has 1 aromatic heterocycles. The molecule has 94 valence electrons. The van der Waals surface area contributed by atoms with Crippen LogP contribution in [0.4, 0.5) is 0 Å². The fraction of sp³-hybridized carbons (Fsp3) is 0. The molecule has 0 saturated carbocycles. The van der Waals surface area contributed by atoms with Gasteiger partial charge < -0.3 is 5.11 Å². The second-order valence-electron chi connectivity index (χ2n) is 4.03. The van der Waals surface area contributed by atoms with Crippen LogP contribution in [-0.4, -0.2) is 26.1 Å². The van der Waals surface area contributed by atoms with Crippen molar-refractivity contribution in [3.8, 4) is 5.69 Å². The van der Waals surface area contributed by atoms with Gasteiger partial charge in [0.05, 0.1) is 11.9 Å². The predicted octanol–water partition coefficient (Wildman–Crippen LogP) is 2.88. The highest BCUT2D eigenvalue weighted by molar-refractivity contribution is 9.10. The van der Waals surface area contributed by atoms with Crippen molar-refractivity contribution in [3.63, 3.8) is 0 Å². The van der Waals surface area contributed by atoms with Crippen molar-refractivity contribution in [2.45, 2.75) is 0 Å². The lowest BCUT2D eigenvalue weighted by Crippen LogP contribution is -1.96. The zero-order chi connectivity index (χ0) is 13.4. The maximum absolute atomic E-state index is 10.8. The molecule has 0 aliphatic carbocycles. The van der Waals surface area contributed by atoms with Crippen LogP contribution in [0, 0.1) is 0 Å². The van der Waals surface area contributed by atoms with Gasteiger partial charge in [-0.3, -0.25) is 0 Å². The molecule has 0 spiro atoms. The number of fused-ring (bicyclic) bond motifs is 1. The lowest BCUT2D eigenvalue weighted by molar-refractivity contribution is 0.0690. The molecule has 0 radical (unpaired) electrons. The van der Waals surface area contributed by atoms with Gasteiger partial charge in [-0.2, -0.15) is 0 Å². The summed E-state index contributed by atoms with van der Waals surface area (Å²) in [5.41, 5.74) is 0.700. The van der Waals surface area contributed by atoms with E-state index in [2.05, 4.69) is 26.2 Å². The minimum Gasteiger partial charge on any atom is -0.476 e. The molecule has 2 aromatic carbocycles. The maximum Gasteiger partial charge on any atom is 0.358 e. The number of benzene rings is 2. The zero-order valence-corrected chi connectivity index (χ0v) is 11.2. The van der Waals surface area contributed by atoms with Crippen LogP contribution < -0.4 is 0 Å². The van der Waals surface area contributed by atoms with E-state index in [9.17, 15) is 4.79 Å². The minimum atomic E-state index is -1.09. The van der Waals surface area contributed by atoms with Gasteiger partial charge in [-0.05, 0) is 35.0 Å². The first-order valence-corrected chi connectivity index (χ1v) is 6.28. The molecule has 1 heterocycles. The summed E-state index contributed by atoms with van der Waals surface area (Å²) >= 11 is 3.42. The molecule has 1 N–H and O–H groups in total. The van der Waals surface area contributed by atoms with E-state index >= 15 is 0 Å². The van der Waals surface area contributed by atoms with Gasteiger partial charge in [-0.25, -0.2) is 9.48 Å². The number of aromatic nitrogens is 3. The molecule has 0 aliphatic rings. The number of carboxylic acid groups (broad SMARTS) is 1. The molecule has 3 aromatic rings. The number of hydrogen-bond acceptors (Lipinski definition) is 3. The van der Waals surface area contributed by atoms with Crippen LogP contribution in [0.5, 0.6) is 0 Å². The molecule has 6 heteroatoms. The normalized spacial score (nSPS) is 10.8. The monoisotopic (exact) mass is 317 g/mol. The Labute approximate surface area is 116 Å². The number of carboxylic acids is 1. The first kappa shape index (κ1) is 11.9. The summed E-state index contributed by atoms with van der Waals surface area (Å²) in [6.45, 7) is 0. The fourth-order valence-electron chi connectivity index (χ4n) is 1.83. The standard InChI is InChI=1S/C13H8BrN3O2/c14-10-3-1-9-6-11(4-2-8(9)5-10)17-7-12(13(18)19)15-16-17/h1-7H,(H,18,19). The van der Waals surface area contributed by atoms with Crippen molar-refractivity contribution in [2.24, 2.45) is 0 Å². The Morgan fingerprint density at radius 1 is 1.16 bits per heavy atom. The third-order valence-corrected chi connectivity index (χ3v) is 3.26. The summed E-state index contributed by atoms with van der Waals surface area (Å²) in [6.07, 6.45) is 1.39. The fourth-order valence-corrected chi connectivity index (χ4v) is 2.21. The zero-order valence-electron chi connectivity index (χ0n) is 9.62. The van der Waals surface area contributed by atoms with Crippen LogP contribution in [0.25, 0.3) is 16.5 Å². The third kappa shape index (κ3) is 2.22. The summed E-state index contributed by atoms with van der Waals surface area (Å²) in [7, 11) is 0. The minimum absolute atomic E-state index is 0.0732. The lowest BCUT2D eigenvalue weighted by atomic mass is 10.1. The van der Waals surface area contributed by atoms with Crippen LogP contribution in [0.1, 0.15) is 10.5 Å². The molecule has 0 atom stereocenters. The van der Waals surface area contributed by atoms with E-state index in [0.717, 1.165) is 20.9 Å². The summed E-state index contributed by atoms with van der Waals surface area (Å²) < 4.78 is 2.46. The van der Waals surface area contributed by atoms with Crippen molar-refractivity contribution >= 4 is 32.7 Å². The number of hydrogen-bond donors (Lipinski definition) is 1. The summed E-state index contributed by atoms with van der Waals surface area (Å²) in [4.78, 5) is 10.8. The number of aromatic carboxylic acids is 1. The average Bonchev–Trinajstić information content (AvgIpc) is 2.88. The van der Waals surface area contributed by atoms with Crippen molar-refractivity contribution < 1.29 is 9.90 Å². The number of rotatable bonds is 2. The van der Waals surface area contributed by atoms with E-state index in [4.69, 9.17) is 5.11 Å². The van der Waals surface area contributed by atoms with Crippen molar-refractivity contribution in [1.82, 2.24) is 15.0 Å². The molecule has 3 rings (SSSR count). The third-order valence-electron chi connectivity index (χ3n) is 2.76. The second kappa shape index (κ2) is 4.47. The summed E-state index contributed by atoms with van der Waals surface area (Å²) in [5, 5.41) is 18.4. The van der Waals surface area contributed by atoms with Gasteiger partial charge in [-0.1, -0.05) is 33.3 Å². The van der Waals surface area contributed by atoms with E-state index in [0.29, 0.717) is 0 Å². The Balaban J connectivity index is 2.09. The molecular formula is C13H8BrN3O2. The maximum atomic E-state index is 10.8. The number of carbonyl (C=O) groups is 1. The first-order chi connectivity index (χ1) is 9.13. The van der Waals surface area contributed by atoms with Crippen LogP contribution in [0.3, 0.4) is 0 Å². The lowest BCUT2D eigenvalue weighted by Gasteiger charge is -2.03. The van der Waals surface area contributed by atoms with Crippen LogP contribution >= 0.6 is 15.9 Å². The highest BCUT2D eigenvalue weighted by Gasteiger charge is 2.09. The number of halogens is 1. The molecule has 5 nitrogen and oxygen atoms in total. The molecule has 0 unspecified atom stereocenters. The summed E-state index contributed by atoms with van der Waals surface area (Å²) in [6, 6.07) is 11.7.